The lowest BCUT2D eigenvalue weighted by Crippen LogP contribution is -1.94. The Balaban J connectivity index is 2.39. The highest BCUT2D eigenvalue weighted by Gasteiger charge is 2.10. The molecule has 0 fully saturated rings. The number of benzene rings is 2. The van der Waals surface area contributed by atoms with Crippen molar-refractivity contribution in [2.24, 2.45) is 0 Å². The highest BCUT2D eigenvalue weighted by molar-refractivity contribution is 6.31. The summed E-state index contributed by atoms with van der Waals surface area (Å²) >= 11 is 5.89. The highest BCUT2D eigenvalue weighted by Crippen LogP contribution is 2.29. The summed E-state index contributed by atoms with van der Waals surface area (Å²) in [5.41, 5.74) is 0.987. The van der Waals surface area contributed by atoms with Gasteiger partial charge in [0.05, 0.1) is 5.56 Å². The van der Waals surface area contributed by atoms with E-state index in [1.807, 2.05) is 6.92 Å². The largest absolute Gasteiger partial charge is 0.454 e. The van der Waals surface area contributed by atoms with Crippen LogP contribution in [-0.4, -0.2) is 6.29 Å². The molecule has 0 N–H and O–H groups in total. The molecule has 0 spiro atoms. The topological polar surface area (TPSA) is 26.3 Å². The predicted molar refractivity (Wildman–Crippen MR) is 68.1 cm³/mol. The Hall–Kier alpha value is -1.87. The second kappa shape index (κ2) is 5.19. The van der Waals surface area contributed by atoms with Crippen LogP contribution >= 0.6 is 11.6 Å². The smallest absolute Gasteiger partial charge is 0.173 e. The third-order valence-electron chi connectivity index (χ3n) is 2.47. The van der Waals surface area contributed by atoms with Crippen LogP contribution in [-0.2, 0) is 0 Å². The van der Waals surface area contributed by atoms with Gasteiger partial charge in [0.2, 0.25) is 0 Å². The fraction of sp³-hybridized carbons (Fsp3) is 0.0714. The Labute approximate surface area is 109 Å². The van der Waals surface area contributed by atoms with Gasteiger partial charge in [0.25, 0.3) is 0 Å². The maximum Gasteiger partial charge on any atom is 0.173 e. The molecule has 0 heterocycles. The number of hydrogen-bond donors (Lipinski definition) is 0. The first kappa shape index (κ1) is 12.6. The van der Waals surface area contributed by atoms with Gasteiger partial charge in [-0.15, -0.1) is 0 Å². The number of aryl methyl sites for hydroxylation is 1. The van der Waals surface area contributed by atoms with Gasteiger partial charge in [-0.3, -0.25) is 4.79 Å². The first-order valence-corrected chi connectivity index (χ1v) is 5.67. The summed E-state index contributed by atoms with van der Waals surface area (Å²) in [4.78, 5) is 10.8. The number of para-hydroxylation sites is 1. The summed E-state index contributed by atoms with van der Waals surface area (Å²) in [5, 5.41) is 0.603. The summed E-state index contributed by atoms with van der Waals surface area (Å²) in [6, 6.07) is 9.16. The van der Waals surface area contributed by atoms with Crippen LogP contribution in [0, 0.1) is 12.7 Å². The Morgan fingerprint density at radius 2 is 2.06 bits per heavy atom. The minimum Gasteiger partial charge on any atom is -0.454 e. The molecule has 0 amide bonds. The number of aldehydes is 1. The second-order valence-electron chi connectivity index (χ2n) is 3.79. The van der Waals surface area contributed by atoms with Gasteiger partial charge in [0.15, 0.2) is 17.9 Å². The molecule has 92 valence electrons. The van der Waals surface area contributed by atoms with Gasteiger partial charge >= 0.3 is 0 Å². The molecule has 0 saturated carbocycles. The van der Waals surface area contributed by atoms with Crippen molar-refractivity contribution in [3.8, 4) is 11.5 Å². The highest BCUT2D eigenvalue weighted by atomic mass is 35.5. The van der Waals surface area contributed by atoms with Crippen LogP contribution in [0.3, 0.4) is 0 Å². The summed E-state index contributed by atoms with van der Waals surface area (Å²) in [5.74, 6) is -0.216. The number of halogens is 2. The molecule has 0 unspecified atom stereocenters. The summed E-state index contributed by atoms with van der Waals surface area (Å²) < 4.78 is 19.0. The fourth-order valence-corrected chi connectivity index (χ4v) is 1.64. The molecule has 0 saturated heterocycles. The van der Waals surface area contributed by atoms with E-state index in [4.69, 9.17) is 16.3 Å². The van der Waals surface area contributed by atoms with E-state index in [9.17, 15) is 9.18 Å². The average Bonchev–Trinajstić information content (AvgIpc) is 2.36. The molecule has 0 radical (unpaired) electrons. The van der Waals surface area contributed by atoms with Gasteiger partial charge in [-0.25, -0.2) is 4.39 Å². The molecule has 0 bridgehead atoms. The van der Waals surface area contributed by atoms with Crippen molar-refractivity contribution in [3.63, 3.8) is 0 Å². The zero-order valence-corrected chi connectivity index (χ0v) is 10.4. The molecule has 2 nitrogen and oxygen atoms in total. The molecule has 0 aromatic heterocycles. The van der Waals surface area contributed by atoms with E-state index in [-0.39, 0.29) is 11.3 Å². The lowest BCUT2D eigenvalue weighted by Gasteiger charge is -2.09. The average molecular weight is 265 g/mol. The van der Waals surface area contributed by atoms with Crippen LogP contribution in [0.4, 0.5) is 4.39 Å². The molecule has 2 aromatic carbocycles. The fourth-order valence-electron chi connectivity index (χ4n) is 1.52. The van der Waals surface area contributed by atoms with Crippen molar-refractivity contribution in [1.29, 1.82) is 0 Å². The van der Waals surface area contributed by atoms with E-state index < -0.39 is 5.82 Å². The Kier molecular flexibility index (Phi) is 3.63. The van der Waals surface area contributed by atoms with Crippen molar-refractivity contribution in [2.45, 2.75) is 6.92 Å². The van der Waals surface area contributed by atoms with Crippen molar-refractivity contribution in [3.05, 3.63) is 58.4 Å². The minimum absolute atomic E-state index is 0.0748. The van der Waals surface area contributed by atoms with Crippen molar-refractivity contribution >= 4 is 17.9 Å². The van der Waals surface area contributed by atoms with Gasteiger partial charge < -0.3 is 4.74 Å². The van der Waals surface area contributed by atoms with Gasteiger partial charge in [-0.1, -0.05) is 17.7 Å². The van der Waals surface area contributed by atoms with E-state index in [1.54, 1.807) is 18.2 Å². The molecule has 0 aliphatic heterocycles. The van der Waals surface area contributed by atoms with E-state index in [2.05, 4.69) is 0 Å². The van der Waals surface area contributed by atoms with E-state index in [1.165, 1.54) is 18.2 Å². The lowest BCUT2D eigenvalue weighted by molar-refractivity contribution is 0.112. The summed E-state index contributed by atoms with van der Waals surface area (Å²) in [7, 11) is 0. The standard InChI is InChI=1S/C14H10ClFO2/c1-9-7-11(5-6-12(9)15)18-14-10(8-17)3-2-4-13(14)16/h2-8H,1H3. The zero-order valence-electron chi connectivity index (χ0n) is 9.61. The minimum atomic E-state index is -0.577. The molecule has 2 rings (SSSR count). The summed E-state index contributed by atoms with van der Waals surface area (Å²) in [6.45, 7) is 1.82. The Bertz CT molecular complexity index is 596. The van der Waals surface area contributed by atoms with Gasteiger partial charge in [0.1, 0.15) is 5.75 Å². The number of carbonyl (C=O) groups excluding carboxylic acids is 1. The SMILES string of the molecule is Cc1cc(Oc2c(F)cccc2C=O)ccc1Cl. The second-order valence-corrected chi connectivity index (χ2v) is 4.20. The van der Waals surface area contributed by atoms with E-state index in [0.717, 1.165) is 5.56 Å². The quantitative estimate of drug-likeness (QED) is 0.769. The Morgan fingerprint density at radius 1 is 1.28 bits per heavy atom. The van der Waals surface area contributed by atoms with E-state index >= 15 is 0 Å². The van der Waals surface area contributed by atoms with Crippen LogP contribution < -0.4 is 4.74 Å². The molecule has 0 aliphatic rings. The monoisotopic (exact) mass is 264 g/mol. The van der Waals surface area contributed by atoms with Gasteiger partial charge in [-0.2, -0.15) is 0 Å². The van der Waals surface area contributed by atoms with Crippen molar-refractivity contribution in [2.75, 3.05) is 0 Å². The third kappa shape index (κ3) is 2.51. The maximum absolute atomic E-state index is 13.6. The van der Waals surface area contributed by atoms with Gasteiger partial charge in [-0.05, 0) is 42.8 Å². The molecule has 0 aliphatic carbocycles. The number of hydrogen-bond acceptors (Lipinski definition) is 2. The molecule has 4 heteroatoms. The molecule has 18 heavy (non-hydrogen) atoms. The van der Waals surface area contributed by atoms with Crippen LogP contribution in [0.5, 0.6) is 11.5 Å². The zero-order chi connectivity index (χ0) is 13.1. The van der Waals surface area contributed by atoms with Crippen LogP contribution in [0.15, 0.2) is 36.4 Å². The lowest BCUT2D eigenvalue weighted by atomic mass is 10.2. The number of carbonyl (C=O) groups is 1. The van der Waals surface area contributed by atoms with E-state index in [0.29, 0.717) is 17.1 Å². The first-order valence-electron chi connectivity index (χ1n) is 5.29. The normalized spacial score (nSPS) is 10.2. The Morgan fingerprint density at radius 3 is 2.72 bits per heavy atom. The van der Waals surface area contributed by atoms with Crippen LogP contribution in [0.2, 0.25) is 5.02 Å². The molecular weight excluding hydrogens is 255 g/mol. The molecule has 0 atom stereocenters. The summed E-state index contributed by atoms with van der Waals surface area (Å²) in [6.07, 6.45) is 0.557. The van der Waals surface area contributed by atoms with Crippen LogP contribution in [0.25, 0.3) is 0 Å². The molecule has 2 aromatic rings. The maximum atomic E-state index is 13.6. The molecular formula is C14H10ClFO2. The van der Waals surface area contributed by atoms with Crippen molar-refractivity contribution in [1.82, 2.24) is 0 Å². The number of rotatable bonds is 3. The third-order valence-corrected chi connectivity index (χ3v) is 2.90. The van der Waals surface area contributed by atoms with Gasteiger partial charge in [0, 0.05) is 5.02 Å². The predicted octanol–water partition coefficient (Wildman–Crippen LogP) is 4.39. The first-order chi connectivity index (χ1) is 8.61. The van der Waals surface area contributed by atoms with Crippen molar-refractivity contribution < 1.29 is 13.9 Å². The number of ether oxygens (including phenoxy) is 1. The van der Waals surface area contributed by atoms with Crippen LogP contribution in [0.1, 0.15) is 15.9 Å².